The number of thiocarbonyl (C=S) groups is 1. The third kappa shape index (κ3) is 5.81. The number of benzene rings is 1. The summed E-state index contributed by atoms with van der Waals surface area (Å²) in [5.74, 6) is 0. The highest BCUT2D eigenvalue weighted by atomic mass is 35.5. The Bertz CT molecular complexity index is 597. The number of anilines is 1. The lowest BCUT2D eigenvalue weighted by atomic mass is 10.0. The molecule has 4 nitrogen and oxygen atoms in total. The molecule has 0 saturated carbocycles. The van der Waals surface area contributed by atoms with Gasteiger partial charge in [0, 0.05) is 29.6 Å². The van der Waals surface area contributed by atoms with Crippen LogP contribution in [-0.4, -0.2) is 62.4 Å². The van der Waals surface area contributed by atoms with Gasteiger partial charge in [-0.15, -0.1) is 0 Å². The number of likely N-dealkylation sites (tertiary alicyclic amines) is 1. The van der Waals surface area contributed by atoms with Crippen LogP contribution in [0.25, 0.3) is 0 Å². The zero-order valence-corrected chi connectivity index (χ0v) is 18.4. The van der Waals surface area contributed by atoms with E-state index >= 15 is 0 Å². The molecule has 1 aromatic carbocycles. The predicted molar refractivity (Wildman–Crippen MR) is 116 cm³/mol. The zero-order valence-electron chi connectivity index (χ0n) is 16.9. The highest BCUT2D eigenvalue weighted by molar-refractivity contribution is 7.80. The van der Waals surface area contributed by atoms with Crippen LogP contribution in [0.4, 0.5) is 5.69 Å². The van der Waals surface area contributed by atoms with E-state index in [0.717, 1.165) is 34.5 Å². The summed E-state index contributed by atoms with van der Waals surface area (Å²) in [6, 6.07) is 7.17. The molecule has 26 heavy (non-hydrogen) atoms. The smallest absolute Gasteiger partial charge is 0.173 e. The number of hydrogen-bond donors (Lipinski definition) is 3. The lowest BCUT2D eigenvalue weighted by Crippen LogP contribution is -3.16. The number of piperidine rings is 1. The van der Waals surface area contributed by atoms with Crippen molar-refractivity contribution >= 4 is 34.6 Å². The molecule has 1 saturated heterocycles. The minimum Gasteiger partial charge on any atom is -0.340 e. The molecule has 0 atom stereocenters. The maximum absolute atomic E-state index is 6.27. The van der Waals surface area contributed by atoms with Gasteiger partial charge in [-0.25, -0.2) is 0 Å². The van der Waals surface area contributed by atoms with Gasteiger partial charge < -0.3 is 20.0 Å². The summed E-state index contributed by atoms with van der Waals surface area (Å²) < 4.78 is 0. The minimum atomic E-state index is 0.524. The molecule has 1 aliphatic heterocycles. The van der Waals surface area contributed by atoms with E-state index in [1.807, 2.05) is 19.1 Å². The fourth-order valence-corrected chi connectivity index (χ4v) is 4.11. The lowest BCUT2D eigenvalue weighted by Gasteiger charge is -2.39. The second-order valence-electron chi connectivity index (χ2n) is 8.04. The molecule has 3 N–H and O–H groups in total. The van der Waals surface area contributed by atoms with E-state index in [1.54, 1.807) is 4.90 Å². The first kappa shape index (κ1) is 21.4. The maximum atomic E-state index is 6.27. The van der Waals surface area contributed by atoms with Crippen LogP contribution >= 0.6 is 23.8 Å². The van der Waals surface area contributed by atoms with Gasteiger partial charge in [0.2, 0.25) is 0 Å². The molecule has 0 spiro atoms. The molecule has 0 amide bonds. The van der Waals surface area contributed by atoms with Crippen molar-refractivity contribution in [1.82, 2.24) is 4.90 Å². The van der Waals surface area contributed by atoms with Crippen molar-refractivity contribution in [3.63, 3.8) is 0 Å². The van der Waals surface area contributed by atoms with Gasteiger partial charge in [0.25, 0.3) is 0 Å². The van der Waals surface area contributed by atoms with Crippen LogP contribution < -0.4 is 15.1 Å². The summed E-state index contributed by atoms with van der Waals surface area (Å²) in [6.45, 7) is 11.2. The van der Waals surface area contributed by atoms with Crippen molar-refractivity contribution in [2.75, 3.05) is 45.6 Å². The van der Waals surface area contributed by atoms with Crippen molar-refractivity contribution < 1.29 is 9.80 Å². The Balaban J connectivity index is 2.08. The number of hydrogen-bond acceptors (Lipinski definition) is 1. The molecule has 0 radical (unpaired) electrons. The van der Waals surface area contributed by atoms with Gasteiger partial charge in [0.15, 0.2) is 5.11 Å². The summed E-state index contributed by atoms with van der Waals surface area (Å²) >= 11 is 12.1. The van der Waals surface area contributed by atoms with Crippen LogP contribution in [0.15, 0.2) is 18.2 Å². The van der Waals surface area contributed by atoms with Crippen molar-refractivity contribution in [3.05, 3.63) is 28.8 Å². The Morgan fingerprint density at radius 3 is 2.58 bits per heavy atom. The molecule has 1 fully saturated rings. The molecule has 0 aromatic heterocycles. The number of nitrogens with zero attached hydrogens (tertiary/aromatic N) is 1. The first-order valence-electron chi connectivity index (χ1n) is 9.76. The minimum absolute atomic E-state index is 0.524. The van der Waals surface area contributed by atoms with Gasteiger partial charge in [-0.2, -0.15) is 0 Å². The average Bonchev–Trinajstić information content (AvgIpc) is 2.59. The number of likely N-dealkylation sites (N-methyl/N-ethyl adjacent to an activating group) is 1. The maximum Gasteiger partial charge on any atom is 0.173 e. The van der Waals surface area contributed by atoms with Gasteiger partial charge in [-0.1, -0.05) is 17.7 Å². The van der Waals surface area contributed by atoms with E-state index in [-0.39, 0.29) is 0 Å². The van der Waals surface area contributed by atoms with Crippen LogP contribution in [0.3, 0.4) is 0 Å². The summed E-state index contributed by atoms with van der Waals surface area (Å²) in [5, 5.41) is 5.07. The van der Waals surface area contributed by atoms with E-state index in [1.165, 1.54) is 30.8 Å². The van der Waals surface area contributed by atoms with E-state index < -0.39 is 0 Å². The van der Waals surface area contributed by atoms with Gasteiger partial charge >= 0.3 is 0 Å². The molecule has 0 bridgehead atoms. The summed E-state index contributed by atoms with van der Waals surface area (Å²) in [5.41, 5.74) is 2.06. The van der Waals surface area contributed by atoms with Crippen molar-refractivity contribution in [2.45, 2.75) is 45.7 Å². The monoisotopic (exact) mass is 398 g/mol. The van der Waals surface area contributed by atoms with E-state index in [9.17, 15) is 0 Å². The summed E-state index contributed by atoms with van der Waals surface area (Å²) in [6.07, 6.45) is 2.40. The molecule has 1 aromatic rings. The van der Waals surface area contributed by atoms with Crippen LogP contribution in [-0.2, 0) is 0 Å². The number of quaternary nitrogens is 2. The second-order valence-corrected chi connectivity index (χ2v) is 8.83. The Hall–Kier alpha value is -0.880. The normalized spacial score (nSPS) is 20.5. The van der Waals surface area contributed by atoms with Crippen LogP contribution in [0.2, 0.25) is 5.02 Å². The largest absolute Gasteiger partial charge is 0.340 e. The van der Waals surface area contributed by atoms with E-state index in [0.29, 0.717) is 12.1 Å². The van der Waals surface area contributed by atoms with Gasteiger partial charge in [-0.05, 0) is 50.7 Å². The fourth-order valence-electron chi connectivity index (χ4n) is 3.59. The second kappa shape index (κ2) is 9.88. The third-order valence-electron chi connectivity index (χ3n) is 5.48. The molecule has 2 rings (SSSR count). The first-order valence-corrected chi connectivity index (χ1v) is 10.5. The Kier molecular flexibility index (Phi) is 8.14. The molecule has 0 aliphatic carbocycles. The highest BCUT2D eigenvalue weighted by Gasteiger charge is 2.30. The molecule has 1 aliphatic rings. The van der Waals surface area contributed by atoms with Gasteiger partial charge in [-0.3, -0.25) is 0 Å². The molecular formula is C20H35ClN4S+2. The summed E-state index contributed by atoms with van der Waals surface area (Å²) in [4.78, 5) is 5.57. The van der Waals surface area contributed by atoms with Crippen LogP contribution in [0, 0.1) is 6.92 Å². The first-order chi connectivity index (χ1) is 12.3. The SMILES string of the molecule is Cc1c(Cl)cccc1NC(=S)N(CC[NH+](C)C)C1CC[NH+](C(C)C)CC1. The fraction of sp³-hybridized carbons (Fsp3) is 0.650. The Morgan fingerprint density at radius 1 is 1.35 bits per heavy atom. The van der Waals surface area contributed by atoms with E-state index in [4.69, 9.17) is 23.8 Å². The van der Waals surface area contributed by atoms with Crippen LogP contribution in [0.1, 0.15) is 32.3 Å². The number of nitrogens with one attached hydrogen (secondary N) is 3. The topological polar surface area (TPSA) is 24.2 Å². The number of halogens is 1. The lowest BCUT2D eigenvalue weighted by molar-refractivity contribution is -0.926. The Morgan fingerprint density at radius 2 is 2.00 bits per heavy atom. The average molecular weight is 399 g/mol. The number of rotatable bonds is 6. The molecule has 0 unspecified atom stereocenters. The molecule has 6 heteroatoms. The zero-order chi connectivity index (χ0) is 19.3. The van der Waals surface area contributed by atoms with Gasteiger partial charge in [0.1, 0.15) is 0 Å². The standard InChI is InChI=1S/C20H33ClN4S/c1-15(2)24-11-9-17(10-12-24)25(14-13-23(4)5)20(26)22-19-8-6-7-18(21)16(19)3/h6-8,15,17H,9-14H2,1-5H3,(H,22,26)/p+2. The molecule has 1 heterocycles. The molecular weight excluding hydrogens is 364 g/mol. The third-order valence-corrected chi connectivity index (χ3v) is 6.22. The Labute approximate surface area is 169 Å². The highest BCUT2D eigenvalue weighted by Crippen LogP contribution is 2.24. The summed E-state index contributed by atoms with van der Waals surface area (Å²) in [7, 11) is 4.39. The van der Waals surface area contributed by atoms with Crippen molar-refractivity contribution in [3.8, 4) is 0 Å². The van der Waals surface area contributed by atoms with E-state index in [2.05, 4.69) is 44.2 Å². The van der Waals surface area contributed by atoms with Crippen molar-refractivity contribution in [1.29, 1.82) is 0 Å². The predicted octanol–water partition coefficient (Wildman–Crippen LogP) is 1.25. The van der Waals surface area contributed by atoms with Crippen LogP contribution in [0.5, 0.6) is 0 Å². The van der Waals surface area contributed by atoms with Gasteiger partial charge in [0.05, 0.1) is 46.3 Å². The molecule has 146 valence electrons. The van der Waals surface area contributed by atoms with Crippen molar-refractivity contribution in [2.24, 2.45) is 0 Å². The quantitative estimate of drug-likeness (QED) is 0.629.